The molecule has 1 aromatic heterocycles. The highest BCUT2D eigenvalue weighted by Gasteiger charge is 2.19. The maximum atomic E-state index is 12.9. The summed E-state index contributed by atoms with van der Waals surface area (Å²) in [6.07, 6.45) is 5.45. The second kappa shape index (κ2) is 7.90. The van der Waals surface area contributed by atoms with Gasteiger partial charge in [-0.2, -0.15) is 9.94 Å². The third kappa shape index (κ3) is 3.46. The molecule has 0 aliphatic carbocycles. The predicted octanol–water partition coefficient (Wildman–Crippen LogP) is 4.01. The van der Waals surface area contributed by atoms with Crippen molar-refractivity contribution in [3.05, 3.63) is 81.6 Å². The fourth-order valence-corrected chi connectivity index (χ4v) is 2.54. The van der Waals surface area contributed by atoms with Crippen LogP contribution in [0.3, 0.4) is 0 Å². The summed E-state index contributed by atoms with van der Waals surface area (Å²) < 4.78 is 0.863. The molecule has 7 nitrogen and oxygen atoms in total. The second-order valence-corrected chi connectivity index (χ2v) is 5.76. The Balaban J connectivity index is 2.15. The zero-order valence-corrected chi connectivity index (χ0v) is 14.9. The Labute approximate surface area is 161 Å². The second-order valence-electron chi connectivity index (χ2n) is 5.76. The topological polar surface area (TPSA) is 103 Å². The van der Waals surface area contributed by atoms with Gasteiger partial charge in [0, 0.05) is 5.56 Å². The van der Waals surface area contributed by atoms with Crippen molar-refractivity contribution in [3.8, 4) is 24.3 Å². The summed E-state index contributed by atoms with van der Waals surface area (Å²) in [6, 6.07) is 17.5. The van der Waals surface area contributed by atoms with E-state index in [1.807, 2.05) is 12.1 Å². The zero-order valence-electron chi connectivity index (χ0n) is 14.9. The molecule has 2 N–H and O–H groups in total. The third-order valence-corrected chi connectivity index (χ3v) is 4.02. The first-order valence-electron chi connectivity index (χ1n) is 8.25. The van der Waals surface area contributed by atoms with Crippen molar-refractivity contribution >= 4 is 17.1 Å². The maximum Gasteiger partial charge on any atom is 0.300 e. The summed E-state index contributed by atoms with van der Waals surface area (Å²) in [5.41, 5.74) is 3.66. The molecule has 0 atom stereocenters. The van der Waals surface area contributed by atoms with E-state index >= 15 is 0 Å². The van der Waals surface area contributed by atoms with Crippen molar-refractivity contribution in [2.45, 2.75) is 6.92 Å². The molecule has 0 saturated heterocycles. The maximum absolute atomic E-state index is 12.9. The van der Waals surface area contributed by atoms with Crippen LogP contribution in [0.5, 0.6) is 5.88 Å². The van der Waals surface area contributed by atoms with Crippen LogP contribution >= 0.6 is 0 Å². The third-order valence-electron chi connectivity index (χ3n) is 4.02. The van der Waals surface area contributed by atoms with Gasteiger partial charge in [0.1, 0.15) is 17.3 Å². The quantitative estimate of drug-likeness (QED) is 0.536. The molecule has 0 unspecified atom stereocenters. The van der Waals surface area contributed by atoms with Gasteiger partial charge in [-0.05, 0) is 31.2 Å². The summed E-state index contributed by atoms with van der Waals surface area (Å²) in [5, 5.41) is 27.9. The zero-order chi connectivity index (χ0) is 20.1. The average molecular weight is 369 g/mol. The predicted molar refractivity (Wildman–Crippen MR) is 106 cm³/mol. The Hall–Kier alpha value is -4.36. The van der Waals surface area contributed by atoms with E-state index in [2.05, 4.69) is 21.6 Å². The van der Waals surface area contributed by atoms with E-state index in [0.29, 0.717) is 16.9 Å². The number of aromatic nitrogens is 1. The van der Waals surface area contributed by atoms with Gasteiger partial charge < -0.3 is 5.11 Å². The van der Waals surface area contributed by atoms with Crippen LogP contribution in [0.4, 0.5) is 17.1 Å². The van der Waals surface area contributed by atoms with Crippen molar-refractivity contribution < 1.29 is 5.11 Å². The molecule has 1 heterocycles. The van der Waals surface area contributed by atoms with Crippen LogP contribution in [0, 0.1) is 30.6 Å². The smallest absolute Gasteiger partial charge is 0.300 e. The molecule has 0 bridgehead atoms. The minimum atomic E-state index is -0.653. The fourth-order valence-electron chi connectivity index (χ4n) is 2.54. The van der Waals surface area contributed by atoms with Crippen LogP contribution < -0.4 is 11.0 Å². The molecular weight excluding hydrogens is 354 g/mol. The number of rotatable bonds is 4. The molecule has 0 saturated carbocycles. The molecule has 2 aromatic carbocycles. The normalized spacial score (nSPS) is 10.4. The lowest BCUT2D eigenvalue weighted by molar-refractivity contribution is 0.425. The van der Waals surface area contributed by atoms with Crippen molar-refractivity contribution in [1.29, 1.82) is 5.26 Å². The largest absolute Gasteiger partial charge is 0.492 e. The number of terminal acetylenes is 1. The van der Waals surface area contributed by atoms with E-state index in [9.17, 15) is 15.2 Å². The van der Waals surface area contributed by atoms with Crippen molar-refractivity contribution in [2.24, 2.45) is 10.2 Å². The number of pyridine rings is 1. The Kier molecular flexibility index (Phi) is 5.20. The van der Waals surface area contributed by atoms with Crippen LogP contribution in [0.15, 0.2) is 69.6 Å². The number of nitriles is 1. The van der Waals surface area contributed by atoms with Gasteiger partial charge in [0.2, 0.25) is 5.88 Å². The number of aromatic hydroxyl groups is 1. The molecule has 28 heavy (non-hydrogen) atoms. The standard InChI is InChI=1S/C21H15N5O2/c1-3-15-9-7-8-12-18(15)23-24-19-14(2)17(13-22)20(27)26(21(19)28)25-16-10-5-4-6-11-16/h1,4-12,25,27H,2H3. The highest BCUT2D eigenvalue weighted by Crippen LogP contribution is 2.27. The van der Waals surface area contributed by atoms with Crippen LogP contribution in [-0.4, -0.2) is 9.78 Å². The average Bonchev–Trinajstić information content (AvgIpc) is 2.72. The summed E-state index contributed by atoms with van der Waals surface area (Å²) >= 11 is 0. The van der Waals surface area contributed by atoms with E-state index in [0.717, 1.165) is 4.68 Å². The monoisotopic (exact) mass is 369 g/mol. The van der Waals surface area contributed by atoms with Gasteiger partial charge in [0.05, 0.1) is 11.3 Å². The molecule has 7 heteroatoms. The fraction of sp³-hybridized carbons (Fsp3) is 0.0476. The number of anilines is 1. The lowest BCUT2D eigenvalue weighted by Gasteiger charge is -2.14. The molecule has 136 valence electrons. The first-order chi connectivity index (χ1) is 13.6. The highest BCUT2D eigenvalue weighted by molar-refractivity contribution is 5.59. The van der Waals surface area contributed by atoms with Gasteiger partial charge in [-0.3, -0.25) is 10.2 Å². The van der Waals surface area contributed by atoms with Gasteiger partial charge in [-0.25, -0.2) is 0 Å². The molecule has 3 aromatic rings. The van der Waals surface area contributed by atoms with Crippen LogP contribution in [0.2, 0.25) is 0 Å². The van der Waals surface area contributed by atoms with Gasteiger partial charge >= 0.3 is 0 Å². The van der Waals surface area contributed by atoms with Gasteiger partial charge in [0.25, 0.3) is 5.56 Å². The van der Waals surface area contributed by atoms with E-state index in [1.54, 1.807) is 48.5 Å². The molecule has 0 spiro atoms. The molecule has 0 radical (unpaired) electrons. The SMILES string of the molecule is C#Cc1ccccc1N=Nc1c(C)c(C#N)c(O)n(Nc2ccccc2)c1=O. The molecule has 0 aliphatic rings. The Morgan fingerprint density at radius 2 is 1.79 bits per heavy atom. The first kappa shape index (κ1) is 18.4. The minimum Gasteiger partial charge on any atom is -0.492 e. The molecule has 3 rings (SSSR count). The van der Waals surface area contributed by atoms with Crippen LogP contribution in [0.1, 0.15) is 16.7 Å². The Morgan fingerprint density at radius 3 is 2.46 bits per heavy atom. The molecular formula is C21H15N5O2. The van der Waals surface area contributed by atoms with E-state index in [-0.39, 0.29) is 16.8 Å². The summed E-state index contributed by atoms with van der Waals surface area (Å²) in [6.45, 7) is 1.52. The van der Waals surface area contributed by atoms with E-state index in [1.165, 1.54) is 6.92 Å². The van der Waals surface area contributed by atoms with E-state index < -0.39 is 11.4 Å². The van der Waals surface area contributed by atoms with Crippen LogP contribution in [-0.2, 0) is 0 Å². The van der Waals surface area contributed by atoms with Crippen molar-refractivity contribution in [3.63, 3.8) is 0 Å². The number of nitrogens with zero attached hydrogens (tertiary/aromatic N) is 4. The number of hydrogen-bond donors (Lipinski definition) is 2. The molecule has 0 fully saturated rings. The van der Waals surface area contributed by atoms with E-state index in [4.69, 9.17) is 6.42 Å². The Bertz CT molecular complexity index is 1200. The van der Waals surface area contributed by atoms with Crippen molar-refractivity contribution in [2.75, 3.05) is 5.43 Å². The van der Waals surface area contributed by atoms with Gasteiger partial charge in [-0.1, -0.05) is 36.3 Å². The number of hydrogen-bond acceptors (Lipinski definition) is 6. The van der Waals surface area contributed by atoms with Crippen LogP contribution in [0.25, 0.3) is 0 Å². The number of benzene rings is 2. The number of para-hydroxylation sites is 1. The molecule has 0 aliphatic heterocycles. The summed E-state index contributed by atoms with van der Waals surface area (Å²) in [5.74, 6) is 1.99. The number of nitrogens with one attached hydrogen (secondary N) is 1. The molecule has 0 amide bonds. The van der Waals surface area contributed by atoms with Gasteiger partial charge in [-0.15, -0.1) is 16.7 Å². The minimum absolute atomic E-state index is 0.0791. The Morgan fingerprint density at radius 1 is 1.11 bits per heavy atom. The summed E-state index contributed by atoms with van der Waals surface area (Å²) in [7, 11) is 0. The summed E-state index contributed by atoms with van der Waals surface area (Å²) in [4.78, 5) is 12.9. The first-order valence-corrected chi connectivity index (χ1v) is 8.25. The lowest BCUT2D eigenvalue weighted by Crippen LogP contribution is -2.27. The van der Waals surface area contributed by atoms with Gasteiger partial charge in [0.15, 0.2) is 5.69 Å². The van der Waals surface area contributed by atoms with Crippen molar-refractivity contribution in [1.82, 2.24) is 4.68 Å². The highest BCUT2D eigenvalue weighted by atomic mass is 16.3. The lowest BCUT2D eigenvalue weighted by atomic mass is 10.1. The number of azo groups is 1.